The van der Waals surface area contributed by atoms with E-state index in [1.807, 2.05) is 18.7 Å². The fourth-order valence-corrected chi connectivity index (χ4v) is 2.31. The molecule has 0 bridgehead atoms. The molecule has 0 aromatic heterocycles. The standard InChI is InChI=1S/C13H25N3O2/c1-4-13(2,9-14)12(18)16-7-5-10(6-8-16)11(17)15-3/h10H,4-9,14H2,1-3H3,(H,15,17). The molecule has 0 spiro atoms. The number of nitrogens with one attached hydrogen (secondary N) is 1. The molecule has 1 heterocycles. The van der Waals surface area contributed by atoms with Gasteiger partial charge in [0.1, 0.15) is 0 Å². The van der Waals surface area contributed by atoms with Gasteiger partial charge >= 0.3 is 0 Å². The molecular formula is C13H25N3O2. The van der Waals surface area contributed by atoms with E-state index in [0.717, 1.165) is 19.3 Å². The molecule has 1 aliphatic rings. The van der Waals surface area contributed by atoms with E-state index in [1.165, 1.54) is 0 Å². The van der Waals surface area contributed by atoms with Crippen molar-refractivity contribution in [3.05, 3.63) is 0 Å². The van der Waals surface area contributed by atoms with E-state index in [1.54, 1.807) is 7.05 Å². The quantitative estimate of drug-likeness (QED) is 0.761. The Hall–Kier alpha value is -1.10. The molecule has 1 unspecified atom stereocenters. The van der Waals surface area contributed by atoms with Crippen LogP contribution in [0, 0.1) is 11.3 Å². The van der Waals surface area contributed by atoms with Gasteiger partial charge in [-0.05, 0) is 26.2 Å². The normalized spacial score (nSPS) is 20.3. The molecule has 0 aromatic carbocycles. The number of likely N-dealkylation sites (tertiary alicyclic amines) is 1. The van der Waals surface area contributed by atoms with Gasteiger partial charge in [-0.25, -0.2) is 0 Å². The number of carbonyl (C=O) groups excluding carboxylic acids is 2. The number of carbonyl (C=O) groups is 2. The van der Waals surface area contributed by atoms with E-state index in [0.29, 0.717) is 19.6 Å². The first-order valence-electron chi connectivity index (χ1n) is 6.69. The number of piperidine rings is 1. The Morgan fingerprint density at radius 1 is 1.39 bits per heavy atom. The summed E-state index contributed by atoms with van der Waals surface area (Å²) in [4.78, 5) is 25.7. The van der Waals surface area contributed by atoms with Crippen molar-refractivity contribution in [2.24, 2.45) is 17.1 Å². The van der Waals surface area contributed by atoms with Crippen LogP contribution in [0.5, 0.6) is 0 Å². The monoisotopic (exact) mass is 255 g/mol. The van der Waals surface area contributed by atoms with Crippen molar-refractivity contribution in [2.45, 2.75) is 33.1 Å². The molecule has 0 aromatic rings. The maximum absolute atomic E-state index is 12.4. The Morgan fingerprint density at radius 2 is 1.94 bits per heavy atom. The molecular weight excluding hydrogens is 230 g/mol. The third kappa shape index (κ3) is 3.02. The van der Waals surface area contributed by atoms with Crippen LogP contribution in [0.1, 0.15) is 33.1 Å². The zero-order valence-electron chi connectivity index (χ0n) is 11.7. The first-order chi connectivity index (χ1) is 8.48. The van der Waals surface area contributed by atoms with Crippen LogP contribution in [-0.2, 0) is 9.59 Å². The second kappa shape index (κ2) is 6.18. The van der Waals surface area contributed by atoms with E-state index in [-0.39, 0.29) is 17.7 Å². The van der Waals surface area contributed by atoms with Gasteiger partial charge in [0.15, 0.2) is 0 Å². The minimum absolute atomic E-state index is 0.0461. The lowest BCUT2D eigenvalue weighted by molar-refractivity contribution is -0.143. The molecule has 2 amide bonds. The molecule has 0 radical (unpaired) electrons. The van der Waals surface area contributed by atoms with Gasteiger partial charge < -0.3 is 16.0 Å². The van der Waals surface area contributed by atoms with Crippen molar-refractivity contribution < 1.29 is 9.59 Å². The van der Waals surface area contributed by atoms with Gasteiger partial charge in [-0.15, -0.1) is 0 Å². The van der Waals surface area contributed by atoms with Crippen LogP contribution in [0.25, 0.3) is 0 Å². The maximum atomic E-state index is 12.4. The number of nitrogens with zero attached hydrogens (tertiary/aromatic N) is 1. The molecule has 1 saturated heterocycles. The zero-order valence-corrected chi connectivity index (χ0v) is 11.7. The average Bonchev–Trinajstić information content (AvgIpc) is 2.44. The van der Waals surface area contributed by atoms with Gasteiger partial charge in [0.2, 0.25) is 11.8 Å². The Bertz CT molecular complexity index is 305. The summed E-state index contributed by atoms with van der Waals surface area (Å²) in [6.45, 7) is 5.60. The van der Waals surface area contributed by atoms with Crippen LogP contribution in [0.4, 0.5) is 0 Å². The number of nitrogens with two attached hydrogens (primary N) is 1. The van der Waals surface area contributed by atoms with Crippen LogP contribution in [0.2, 0.25) is 0 Å². The highest BCUT2D eigenvalue weighted by molar-refractivity contribution is 5.83. The van der Waals surface area contributed by atoms with E-state index in [2.05, 4.69) is 5.32 Å². The molecule has 1 fully saturated rings. The average molecular weight is 255 g/mol. The lowest BCUT2D eigenvalue weighted by Gasteiger charge is -2.37. The van der Waals surface area contributed by atoms with Gasteiger partial charge in [-0.3, -0.25) is 9.59 Å². The predicted octanol–water partition coefficient (Wildman–Crippen LogP) is 0.346. The van der Waals surface area contributed by atoms with Crippen molar-refractivity contribution >= 4 is 11.8 Å². The summed E-state index contributed by atoms with van der Waals surface area (Å²) >= 11 is 0. The van der Waals surface area contributed by atoms with Crippen LogP contribution < -0.4 is 11.1 Å². The number of hydrogen-bond acceptors (Lipinski definition) is 3. The summed E-state index contributed by atoms with van der Waals surface area (Å²) in [5.74, 6) is 0.256. The molecule has 0 aliphatic carbocycles. The van der Waals surface area contributed by atoms with Crippen LogP contribution >= 0.6 is 0 Å². The van der Waals surface area contributed by atoms with Crippen molar-refractivity contribution in [1.82, 2.24) is 10.2 Å². The van der Waals surface area contributed by atoms with E-state index in [9.17, 15) is 9.59 Å². The maximum Gasteiger partial charge on any atom is 0.229 e. The summed E-state index contributed by atoms with van der Waals surface area (Å²) in [5, 5.41) is 2.67. The number of rotatable bonds is 4. The van der Waals surface area contributed by atoms with Crippen LogP contribution in [0.3, 0.4) is 0 Å². The second-order valence-electron chi connectivity index (χ2n) is 5.30. The SMILES string of the molecule is CCC(C)(CN)C(=O)N1CCC(C(=O)NC)CC1. The van der Waals surface area contributed by atoms with Crippen molar-refractivity contribution in [3.8, 4) is 0 Å². The highest BCUT2D eigenvalue weighted by Gasteiger charge is 2.36. The summed E-state index contributed by atoms with van der Waals surface area (Å²) in [5.41, 5.74) is 5.25. The lowest BCUT2D eigenvalue weighted by atomic mass is 9.84. The first-order valence-corrected chi connectivity index (χ1v) is 6.69. The largest absolute Gasteiger partial charge is 0.359 e. The van der Waals surface area contributed by atoms with Crippen LogP contribution in [-0.4, -0.2) is 43.4 Å². The van der Waals surface area contributed by atoms with Gasteiger partial charge in [-0.2, -0.15) is 0 Å². The molecule has 104 valence electrons. The summed E-state index contributed by atoms with van der Waals surface area (Å²) in [7, 11) is 1.66. The molecule has 1 aliphatic heterocycles. The molecule has 3 N–H and O–H groups in total. The van der Waals surface area contributed by atoms with Crippen molar-refractivity contribution in [3.63, 3.8) is 0 Å². The minimum Gasteiger partial charge on any atom is -0.359 e. The predicted molar refractivity (Wildman–Crippen MR) is 70.8 cm³/mol. The van der Waals surface area contributed by atoms with Crippen molar-refractivity contribution in [1.29, 1.82) is 0 Å². The van der Waals surface area contributed by atoms with Crippen LogP contribution in [0.15, 0.2) is 0 Å². The van der Waals surface area contributed by atoms with Crippen molar-refractivity contribution in [2.75, 3.05) is 26.7 Å². The second-order valence-corrected chi connectivity index (χ2v) is 5.30. The third-order valence-corrected chi connectivity index (χ3v) is 4.15. The van der Waals surface area contributed by atoms with Gasteiger partial charge in [0.05, 0.1) is 5.41 Å². The summed E-state index contributed by atoms with van der Waals surface area (Å²) in [6, 6.07) is 0. The Kier molecular flexibility index (Phi) is 5.14. The molecule has 5 heteroatoms. The fraction of sp³-hybridized carbons (Fsp3) is 0.846. The number of amides is 2. The van der Waals surface area contributed by atoms with E-state index >= 15 is 0 Å². The Morgan fingerprint density at radius 3 is 2.33 bits per heavy atom. The molecule has 18 heavy (non-hydrogen) atoms. The molecule has 5 nitrogen and oxygen atoms in total. The Balaban J connectivity index is 2.58. The summed E-state index contributed by atoms with van der Waals surface area (Å²) < 4.78 is 0. The van der Waals surface area contributed by atoms with E-state index in [4.69, 9.17) is 5.73 Å². The first kappa shape index (κ1) is 15.0. The van der Waals surface area contributed by atoms with Gasteiger partial charge in [0, 0.05) is 32.6 Å². The topological polar surface area (TPSA) is 75.4 Å². The number of hydrogen-bond donors (Lipinski definition) is 2. The van der Waals surface area contributed by atoms with Gasteiger partial charge in [-0.1, -0.05) is 6.92 Å². The molecule has 1 atom stereocenters. The highest BCUT2D eigenvalue weighted by atomic mass is 16.2. The summed E-state index contributed by atoms with van der Waals surface area (Å²) in [6.07, 6.45) is 2.24. The molecule has 1 rings (SSSR count). The minimum atomic E-state index is -0.458. The van der Waals surface area contributed by atoms with Gasteiger partial charge in [0.25, 0.3) is 0 Å². The smallest absolute Gasteiger partial charge is 0.229 e. The lowest BCUT2D eigenvalue weighted by Crippen LogP contribution is -2.50. The van der Waals surface area contributed by atoms with E-state index < -0.39 is 5.41 Å². The zero-order chi connectivity index (χ0) is 13.8. The Labute approximate surface area is 109 Å². The third-order valence-electron chi connectivity index (χ3n) is 4.15. The fourth-order valence-electron chi connectivity index (χ4n) is 2.31. The highest BCUT2D eigenvalue weighted by Crippen LogP contribution is 2.26. The molecule has 0 saturated carbocycles.